The Morgan fingerprint density at radius 1 is 1.10 bits per heavy atom. The minimum atomic E-state index is 0.379. The van der Waals surface area contributed by atoms with E-state index in [4.69, 9.17) is 4.42 Å². The molecule has 102 valence electrons. The Morgan fingerprint density at radius 3 is 2.70 bits per heavy atom. The lowest BCUT2D eigenvalue weighted by Crippen LogP contribution is -1.98. The Hall–Kier alpha value is -2.09. The summed E-state index contributed by atoms with van der Waals surface area (Å²) in [5.74, 6) is 0.379. The monoisotopic (exact) mass is 266 g/mol. The van der Waals surface area contributed by atoms with Crippen molar-refractivity contribution in [1.29, 1.82) is 0 Å². The average Bonchev–Trinajstić information content (AvgIpc) is 2.87. The molecule has 0 unspecified atom stereocenters. The van der Waals surface area contributed by atoms with E-state index in [1.165, 1.54) is 10.9 Å². The molecule has 0 aliphatic rings. The Morgan fingerprint density at radius 2 is 1.90 bits per heavy atom. The molecule has 0 aliphatic heterocycles. The lowest BCUT2D eigenvalue weighted by atomic mass is 9.91. The number of para-hydroxylation sites is 2. The number of rotatable bonds is 5. The van der Waals surface area contributed by atoms with E-state index in [1.807, 2.05) is 18.2 Å². The summed E-state index contributed by atoms with van der Waals surface area (Å²) in [6.45, 7) is 2.16. The van der Waals surface area contributed by atoms with Gasteiger partial charge in [-0.15, -0.1) is 0 Å². The normalized spacial score (nSPS) is 12.8. The highest BCUT2D eigenvalue weighted by Crippen LogP contribution is 2.36. The van der Waals surface area contributed by atoms with Gasteiger partial charge in [0.1, 0.15) is 17.5 Å². The van der Waals surface area contributed by atoms with Gasteiger partial charge in [-0.2, -0.15) is 0 Å². The Labute approximate surface area is 118 Å². The van der Waals surface area contributed by atoms with Crippen LogP contribution in [0.5, 0.6) is 0 Å². The van der Waals surface area contributed by atoms with Crippen LogP contribution in [-0.4, -0.2) is 6.29 Å². The number of hydrogen-bond donors (Lipinski definition) is 0. The molecule has 2 aromatic carbocycles. The van der Waals surface area contributed by atoms with E-state index in [9.17, 15) is 4.79 Å². The van der Waals surface area contributed by atoms with Crippen LogP contribution in [0.15, 0.2) is 46.9 Å². The van der Waals surface area contributed by atoms with Crippen LogP contribution in [0.2, 0.25) is 0 Å². The fraction of sp³-hybridized carbons (Fsp3) is 0.278. The third kappa shape index (κ3) is 2.11. The maximum absolute atomic E-state index is 10.6. The van der Waals surface area contributed by atoms with Gasteiger partial charge in [0.05, 0.1) is 0 Å². The van der Waals surface area contributed by atoms with Gasteiger partial charge in [-0.3, -0.25) is 0 Å². The van der Waals surface area contributed by atoms with Gasteiger partial charge in [0, 0.05) is 17.2 Å². The molecule has 0 bridgehead atoms. The Bertz CT molecular complexity index is 739. The summed E-state index contributed by atoms with van der Waals surface area (Å²) in [6, 6.07) is 14.5. The van der Waals surface area contributed by atoms with Gasteiger partial charge in [0.2, 0.25) is 0 Å². The molecule has 3 aromatic rings. The SMILES string of the molecule is CC[C@H](CCC=O)c1cccc2c1oc1ccccc12. The predicted molar refractivity (Wildman–Crippen MR) is 82.1 cm³/mol. The van der Waals surface area contributed by atoms with E-state index in [2.05, 4.69) is 31.2 Å². The highest BCUT2D eigenvalue weighted by Gasteiger charge is 2.16. The van der Waals surface area contributed by atoms with E-state index < -0.39 is 0 Å². The summed E-state index contributed by atoms with van der Waals surface area (Å²) in [6.07, 6.45) is 3.51. The molecule has 2 heteroatoms. The van der Waals surface area contributed by atoms with Crippen molar-refractivity contribution >= 4 is 28.2 Å². The third-order valence-corrected chi connectivity index (χ3v) is 4.00. The molecule has 2 nitrogen and oxygen atoms in total. The summed E-state index contributed by atoms with van der Waals surface area (Å²) in [5, 5.41) is 2.33. The second-order valence-electron chi connectivity index (χ2n) is 5.17. The van der Waals surface area contributed by atoms with Crippen LogP contribution in [0.4, 0.5) is 0 Å². The van der Waals surface area contributed by atoms with Crippen molar-refractivity contribution in [2.45, 2.75) is 32.1 Å². The quantitative estimate of drug-likeness (QED) is 0.604. The Balaban J connectivity index is 2.17. The fourth-order valence-corrected chi connectivity index (χ4v) is 2.94. The molecular formula is C18H18O2. The first-order valence-electron chi connectivity index (χ1n) is 7.19. The van der Waals surface area contributed by atoms with Crippen LogP contribution in [0, 0.1) is 0 Å². The molecule has 1 aromatic heterocycles. The second kappa shape index (κ2) is 5.49. The van der Waals surface area contributed by atoms with E-state index in [0.717, 1.165) is 35.7 Å². The minimum absolute atomic E-state index is 0.379. The summed E-state index contributed by atoms with van der Waals surface area (Å²) >= 11 is 0. The molecule has 1 atom stereocenters. The average molecular weight is 266 g/mol. The van der Waals surface area contributed by atoms with E-state index in [-0.39, 0.29) is 0 Å². The van der Waals surface area contributed by atoms with Crippen LogP contribution in [-0.2, 0) is 4.79 Å². The highest BCUT2D eigenvalue weighted by molar-refractivity contribution is 6.05. The molecule has 0 spiro atoms. The molecule has 0 aliphatic carbocycles. The van der Waals surface area contributed by atoms with Crippen LogP contribution in [0.25, 0.3) is 21.9 Å². The van der Waals surface area contributed by atoms with E-state index >= 15 is 0 Å². The molecule has 0 saturated carbocycles. The van der Waals surface area contributed by atoms with Crippen molar-refractivity contribution in [3.05, 3.63) is 48.0 Å². The van der Waals surface area contributed by atoms with Gasteiger partial charge in [-0.1, -0.05) is 43.3 Å². The Kier molecular flexibility index (Phi) is 3.55. The summed E-state index contributed by atoms with van der Waals surface area (Å²) in [4.78, 5) is 10.6. The largest absolute Gasteiger partial charge is 0.456 e. The van der Waals surface area contributed by atoms with Crippen LogP contribution in [0.3, 0.4) is 0 Å². The zero-order valence-corrected chi connectivity index (χ0v) is 11.6. The first-order valence-corrected chi connectivity index (χ1v) is 7.19. The van der Waals surface area contributed by atoms with Crippen molar-refractivity contribution in [2.24, 2.45) is 0 Å². The third-order valence-electron chi connectivity index (χ3n) is 4.00. The topological polar surface area (TPSA) is 30.2 Å². The number of furan rings is 1. The van der Waals surface area contributed by atoms with Gasteiger partial charge < -0.3 is 9.21 Å². The number of aldehydes is 1. The summed E-state index contributed by atoms with van der Waals surface area (Å²) < 4.78 is 6.06. The van der Waals surface area contributed by atoms with Crippen molar-refractivity contribution in [3.63, 3.8) is 0 Å². The molecule has 20 heavy (non-hydrogen) atoms. The van der Waals surface area contributed by atoms with Crippen molar-refractivity contribution < 1.29 is 9.21 Å². The molecule has 1 heterocycles. The number of hydrogen-bond acceptors (Lipinski definition) is 2. The van der Waals surface area contributed by atoms with Crippen molar-refractivity contribution in [2.75, 3.05) is 0 Å². The smallest absolute Gasteiger partial charge is 0.138 e. The van der Waals surface area contributed by atoms with Gasteiger partial charge in [-0.25, -0.2) is 0 Å². The maximum Gasteiger partial charge on any atom is 0.138 e. The minimum Gasteiger partial charge on any atom is -0.456 e. The summed E-state index contributed by atoms with van der Waals surface area (Å²) in [5.41, 5.74) is 3.13. The first kappa shape index (κ1) is 12.9. The number of carbonyl (C=O) groups is 1. The maximum atomic E-state index is 10.6. The predicted octanol–water partition coefficient (Wildman–Crippen LogP) is 5.06. The van der Waals surface area contributed by atoms with Crippen molar-refractivity contribution in [3.8, 4) is 0 Å². The second-order valence-corrected chi connectivity index (χ2v) is 5.17. The molecule has 0 radical (unpaired) electrons. The summed E-state index contributed by atoms with van der Waals surface area (Å²) in [7, 11) is 0. The molecule has 0 saturated heterocycles. The molecule has 3 rings (SSSR count). The molecule has 0 N–H and O–H groups in total. The highest BCUT2D eigenvalue weighted by atomic mass is 16.3. The van der Waals surface area contributed by atoms with Crippen LogP contribution >= 0.6 is 0 Å². The zero-order chi connectivity index (χ0) is 13.9. The first-order chi connectivity index (χ1) is 9.85. The number of benzene rings is 2. The van der Waals surface area contributed by atoms with E-state index in [0.29, 0.717) is 12.3 Å². The lowest BCUT2D eigenvalue weighted by molar-refractivity contribution is -0.108. The lowest BCUT2D eigenvalue weighted by Gasteiger charge is -2.14. The van der Waals surface area contributed by atoms with Gasteiger partial charge >= 0.3 is 0 Å². The van der Waals surface area contributed by atoms with Crippen molar-refractivity contribution in [1.82, 2.24) is 0 Å². The van der Waals surface area contributed by atoms with E-state index in [1.54, 1.807) is 0 Å². The van der Waals surface area contributed by atoms with Crippen LogP contribution in [0.1, 0.15) is 37.7 Å². The number of carbonyl (C=O) groups excluding carboxylic acids is 1. The standard InChI is InChI=1S/C18H18O2/c1-2-13(7-6-12-19)14-9-5-10-16-15-8-3-4-11-17(15)20-18(14)16/h3-5,8-13H,2,6-7H2,1H3/t13-/m1/s1. The fourth-order valence-electron chi connectivity index (χ4n) is 2.94. The van der Waals surface area contributed by atoms with Gasteiger partial charge in [0.25, 0.3) is 0 Å². The molecular weight excluding hydrogens is 248 g/mol. The van der Waals surface area contributed by atoms with Crippen LogP contribution < -0.4 is 0 Å². The number of fused-ring (bicyclic) bond motifs is 3. The molecule has 0 fully saturated rings. The molecule has 0 amide bonds. The van der Waals surface area contributed by atoms with Gasteiger partial charge in [-0.05, 0) is 30.4 Å². The zero-order valence-electron chi connectivity index (χ0n) is 11.6. The van der Waals surface area contributed by atoms with Gasteiger partial charge in [0.15, 0.2) is 0 Å².